The van der Waals surface area contributed by atoms with Gasteiger partial charge in [0.1, 0.15) is 0 Å². The SMILES string of the molecule is CC(C)c1cc(C(=O)c2cncc(NC(=O)c3cccc(C4(C(F)(F)F)N=N4)c3)c2)c2cnc[nH]c1-2. The number of carbonyl (C=O) groups is 2. The van der Waals surface area contributed by atoms with Gasteiger partial charge in [-0.25, -0.2) is 4.98 Å². The van der Waals surface area contributed by atoms with E-state index in [0.717, 1.165) is 17.3 Å². The minimum absolute atomic E-state index is 0.0182. The molecule has 0 unspecified atom stereocenters. The van der Waals surface area contributed by atoms with Gasteiger partial charge in [0.05, 0.1) is 23.9 Å². The normalized spacial score (nSPS) is 14.3. The van der Waals surface area contributed by atoms with Crippen molar-refractivity contribution in [3.63, 3.8) is 0 Å². The lowest BCUT2D eigenvalue weighted by Crippen LogP contribution is -2.30. The summed E-state index contributed by atoms with van der Waals surface area (Å²) in [5.41, 5.74) is 0.476. The number of H-pyrrole nitrogens is 1. The monoisotopic (exact) mass is 492 g/mol. The number of ketones is 1. The second kappa shape index (κ2) is 8.36. The average molecular weight is 492 g/mol. The van der Waals surface area contributed by atoms with Gasteiger partial charge in [-0.1, -0.05) is 26.0 Å². The summed E-state index contributed by atoms with van der Waals surface area (Å²) in [6.07, 6.45) is 1.20. The van der Waals surface area contributed by atoms with Crippen LogP contribution in [0.1, 0.15) is 57.2 Å². The van der Waals surface area contributed by atoms with Crippen molar-refractivity contribution in [2.45, 2.75) is 31.6 Å². The molecule has 0 spiro atoms. The number of carbonyl (C=O) groups excluding carboxylic acids is 2. The Labute approximate surface area is 203 Å². The fourth-order valence-electron chi connectivity index (χ4n) is 4.06. The second-order valence-electron chi connectivity index (χ2n) is 8.70. The Hall–Kier alpha value is -4.41. The zero-order valence-electron chi connectivity index (χ0n) is 19.1. The third-order valence-electron chi connectivity index (χ3n) is 5.98. The topological polar surface area (TPSA) is 112 Å². The summed E-state index contributed by atoms with van der Waals surface area (Å²) in [5, 5.41) is 8.92. The van der Waals surface area contributed by atoms with Gasteiger partial charge in [0.2, 0.25) is 0 Å². The molecule has 5 rings (SSSR count). The van der Waals surface area contributed by atoms with Crippen LogP contribution >= 0.6 is 0 Å². The van der Waals surface area contributed by atoms with E-state index in [1.165, 1.54) is 36.7 Å². The summed E-state index contributed by atoms with van der Waals surface area (Å²) >= 11 is 0. The largest absolute Gasteiger partial charge is 0.442 e. The lowest BCUT2D eigenvalue weighted by atomic mass is 10.00. The van der Waals surface area contributed by atoms with Gasteiger partial charge >= 0.3 is 11.8 Å². The highest BCUT2D eigenvalue weighted by atomic mass is 19.4. The van der Waals surface area contributed by atoms with Crippen LogP contribution in [-0.2, 0) is 5.66 Å². The number of amides is 1. The van der Waals surface area contributed by atoms with E-state index in [1.54, 1.807) is 12.5 Å². The number of alkyl halides is 3. The first-order valence-corrected chi connectivity index (χ1v) is 11.0. The number of nitrogens with one attached hydrogen (secondary N) is 2. The molecular weight excluding hydrogens is 473 g/mol. The average Bonchev–Trinajstić information content (AvgIpc) is 3.59. The predicted molar refractivity (Wildman–Crippen MR) is 124 cm³/mol. The lowest BCUT2D eigenvalue weighted by molar-refractivity contribution is -0.166. The molecule has 36 heavy (non-hydrogen) atoms. The molecule has 2 aromatic rings. The Morgan fingerprint density at radius 2 is 1.78 bits per heavy atom. The first-order chi connectivity index (χ1) is 17.1. The van der Waals surface area contributed by atoms with E-state index < -0.39 is 17.7 Å². The van der Waals surface area contributed by atoms with Crippen molar-refractivity contribution in [2.24, 2.45) is 10.2 Å². The lowest BCUT2D eigenvalue weighted by Gasteiger charge is -2.15. The van der Waals surface area contributed by atoms with Crippen molar-refractivity contribution in [1.29, 1.82) is 0 Å². The summed E-state index contributed by atoms with van der Waals surface area (Å²) in [6.45, 7) is 4.04. The van der Waals surface area contributed by atoms with Gasteiger partial charge in [0.25, 0.3) is 5.91 Å². The number of halogens is 3. The second-order valence-corrected chi connectivity index (χ2v) is 8.70. The van der Waals surface area contributed by atoms with Crippen LogP contribution in [-0.4, -0.2) is 32.8 Å². The van der Waals surface area contributed by atoms with Crippen LogP contribution in [0.2, 0.25) is 0 Å². The highest BCUT2D eigenvalue weighted by Crippen LogP contribution is 2.52. The molecule has 1 amide bonds. The number of benzene rings is 1. The van der Waals surface area contributed by atoms with Crippen LogP contribution in [0.15, 0.2) is 71.5 Å². The van der Waals surface area contributed by atoms with Crippen LogP contribution in [0.5, 0.6) is 0 Å². The third-order valence-corrected chi connectivity index (χ3v) is 5.98. The Balaban J connectivity index is 1.40. The highest BCUT2D eigenvalue weighted by molar-refractivity contribution is 6.14. The van der Waals surface area contributed by atoms with E-state index in [2.05, 4.69) is 30.5 Å². The van der Waals surface area contributed by atoms with Crippen molar-refractivity contribution in [1.82, 2.24) is 15.0 Å². The first-order valence-electron chi connectivity index (χ1n) is 11.0. The molecule has 0 fully saturated rings. The number of nitrogens with zero attached hydrogens (tertiary/aromatic N) is 4. The van der Waals surface area contributed by atoms with E-state index in [1.807, 2.05) is 19.9 Å². The Morgan fingerprint density at radius 1 is 1.00 bits per heavy atom. The number of anilines is 1. The number of rotatable bonds is 6. The summed E-state index contributed by atoms with van der Waals surface area (Å²) < 4.78 is 40.0. The number of fused-ring (bicyclic) bond motifs is 1. The van der Waals surface area contributed by atoms with Crippen molar-refractivity contribution < 1.29 is 22.8 Å². The predicted octanol–water partition coefficient (Wildman–Crippen LogP) is 5.70. The number of aromatic amines is 1. The van der Waals surface area contributed by atoms with E-state index in [4.69, 9.17) is 0 Å². The van der Waals surface area contributed by atoms with Gasteiger partial charge in [-0.05, 0) is 35.7 Å². The maximum atomic E-state index is 13.3. The van der Waals surface area contributed by atoms with Crippen LogP contribution in [0, 0.1) is 0 Å². The van der Waals surface area contributed by atoms with Crippen LogP contribution in [0.25, 0.3) is 11.3 Å². The molecule has 2 aliphatic heterocycles. The smallest absolute Gasteiger partial charge is 0.346 e. The molecule has 11 heteroatoms. The quantitative estimate of drug-likeness (QED) is 0.336. The molecule has 3 heterocycles. The number of aromatic nitrogens is 3. The molecular formula is C25H19F3N6O2. The van der Waals surface area contributed by atoms with Crippen molar-refractivity contribution >= 4 is 17.4 Å². The number of pyridine rings is 1. The zero-order chi connectivity index (χ0) is 25.7. The standard InChI is InChI=1S/C25H19F3N6O2/c1-13(2)18-8-19(20-11-30-12-31-21(18)20)22(35)15-7-17(10-29-9-15)32-23(36)14-4-3-5-16(6-14)24(33-34-24)25(26,27)28/h3-13H,1-2H3,(H,30,31)(H,32,36). The minimum atomic E-state index is -4.70. The summed E-state index contributed by atoms with van der Waals surface area (Å²) in [4.78, 5) is 37.4. The van der Waals surface area contributed by atoms with Gasteiger partial charge in [0.15, 0.2) is 5.78 Å². The number of hydrogen-bond acceptors (Lipinski definition) is 6. The Bertz CT molecular complexity index is 1480. The van der Waals surface area contributed by atoms with E-state index in [0.29, 0.717) is 11.1 Å². The molecule has 1 aliphatic carbocycles. The molecule has 1 aromatic heterocycles. The molecule has 1 aromatic carbocycles. The zero-order valence-corrected chi connectivity index (χ0v) is 19.1. The fourth-order valence-corrected chi connectivity index (χ4v) is 4.06. The van der Waals surface area contributed by atoms with Gasteiger partial charge in [-0.15, -0.1) is 10.2 Å². The maximum Gasteiger partial charge on any atom is 0.442 e. The summed E-state index contributed by atoms with van der Waals surface area (Å²) in [7, 11) is 0. The van der Waals surface area contributed by atoms with Gasteiger partial charge in [-0.2, -0.15) is 13.2 Å². The molecule has 2 N–H and O–H groups in total. The molecule has 0 atom stereocenters. The van der Waals surface area contributed by atoms with E-state index >= 15 is 0 Å². The summed E-state index contributed by atoms with van der Waals surface area (Å²) in [5.74, 6) is -0.802. The highest BCUT2D eigenvalue weighted by Gasteiger charge is 2.65. The van der Waals surface area contributed by atoms with E-state index in [-0.39, 0.29) is 34.1 Å². The molecule has 0 saturated carbocycles. The maximum absolute atomic E-state index is 13.3. The first kappa shape index (κ1) is 23.3. The Kier molecular flexibility index (Phi) is 5.42. The van der Waals surface area contributed by atoms with E-state index in [9.17, 15) is 22.8 Å². The van der Waals surface area contributed by atoms with Gasteiger partial charge in [-0.3, -0.25) is 14.6 Å². The molecule has 3 aliphatic rings. The van der Waals surface area contributed by atoms with Crippen LogP contribution < -0.4 is 5.32 Å². The Morgan fingerprint density at radius 3 is 2.47 bits per heavy atom. The molecule has 8 nitrogen and oxygen atoms in total. The van der Waals surface area contributed by atoms with Gasteiger partial charge < -0.3 is 10.3 Å². The number of hydrogen-bond donors (Lipinski definition) is 2. The molecule has 182 valence electrons. The van der Waals surface area contributed by atoms with Crippen LogP contribution in [0.3, 0.4) is 0 Å². The van der Waals surface area contributed by atoms with Crippen molar-refractivity contribution in [3.05, 3.63) is 89.1 Å². The third kappa shape index (κ3) is 3.92. The van der Waals surface area contributed by atoms with Crippen LogP contribution in [0.4, 0.5) is 18.9 Å². The van der Waals surface area contributed by atoms with Gasteiger partial charge in [0, 0.05) is 40.2 Å². The van der Waals surface area contributed by atoms with Crippen molar-refractivity contribution in [2.75, 3.05) is 5.32 Å². The van der Waals surface area contributed by atoms with Crippen molar-refractivity contribution in [3.8, 4) is 11.3 Å². The molecule has 0 saturated heterocycles. The molecule has 0 bridgehead atoms. The molecule has 0 radical (unpaired) electrons. The minimum Gasteiger partial charge on any atom is -0.346 e. The summed E-state index contributed by atoms with van der Waals surface area (Å²) in [6, 6.07) is 8.30. The fraction of sp³-hybridized carbons (Fsp3) is 0.200.